The van der Waals surface area contributed by atoms with Crippen LogP contribution >= 0.6 is 36.4 Å². The number of benzene rings is 1. The first-order chi connectivity index (χ1) is 8.84. The lowest BCUT2D eigenvalue weighted by molar-refractivity contribution is 0.314. The summed E-state index contributed by atoms with van der Waals surface area (Å²) in [5, 5.41) is 4.08. The number of rotatable bonds is 1. The van der Waals surface area contributed by atoms with Gasteiger partial charge in [0.05, 0.1) is 0 Å². The first-order valence-corrected chi connectivity index (χ1v) is 6.30. The summed E-state index contributed by atoms with van der Waals surface area (Å²) in [6.07, 6.45) is 1.79. The van der Waals surface area contributed by atoms with Gasteiger partial charge in [0.25, 0.3) is 0 Å². The van der Waals surface area contributed by atoms with Gasteiger partial charge in [0.2, 0.25) is 5.88 Å². The van der Waals surface area contributed by atoms with E-state index in [-0.39, 0.29) is 24.8 Å². The van der Waals surface area contributed by atoms with Crippen molar-refractivity contribution in [1.82, 2.24) is 10.3 Å². The van der Waals surface area contributed by atoms with Crippen LogP contribution in [0.2, 0.25) is 5.02 Å². The number of fused-ring (bicyclic) bond motifs is 1. The smallest absolute Gasteiger partial charge is 0.218 e. The largest absolute Gasteiger partial charge is 0.476 e. The van der Waals surface area contributed by atoms with E-state index in [1.165, 1.54) is 0 Å². The first kappa shape index (κ1) is 17.1. The van der Waals surface area contributed by atoms with E-state index in [4.69, 9.17) is 16.3 Å². The number of hydrogen-bond acceptors (Lipinski definition) is 3. The van der Waals surface area contributed by atoms with Crippen LogP contribution in [0.4, 0.5) is 0 Å². The van der Waals surface area contributed by atoms with Crippen LogP contribution in [0.3, 0.4) is 0 Å². The minimum atomic E-state index is 0. The van der Waals surface area contributed by atoms with Crippen LogP contribution in [0.15, 0.2) is 36.5 Å². The Morgan fingerprint density at radius 2 is 1.85 bits per heavy atom. The molecule has 0 atom stereocenters. The minimum absolute atomic E-state index is 0. The van der Waals surface area contributed by atoms with Gasteiger partial charge in [0, 0.05) is 29.9 Å². The van der Waals surface area contributed by atoms with E-state index in [0.717, 1.165) is 40.7 Å². The Balaban J connectivity index is 0.000001000. The molecule has 0 saturated carbocycles. The van der Waals surface area contributed by atoms with E-state index < -0.39 is 0 Å². The van der Waals surface area contributed by atoms with Crippen molar-refractivity contribution >= 4 is 36.4 Å². The maximum Gasteiger partial charge on any atom is 0.218 e. The van der Waals surface area contributed by atoms with Gasteiger partial charge >= 0.3 is 0 Å². The van der Waals surface area contributed by atoms with E-state index >= 15 is 0 Å². The average molecular weight is 334 g/mol. The summed E-state index contributed by atoms with van der Waals surface area (Å²) in [6, 6.07) is 9.84. The van der Waals surface area contributed by atoms with Crippen LogP contribution in [-0.4, -0.2) is 18.1 Å². The van der Waals surface area contributed by atoms with Gasteiger partial charge in [-0.25, -0.2) is 4.98 Å². The van der Waals surface area contributed by atoms with Crippen molar-refractivity contribution in [3.8, 4) is 17.0 Å². The molecular weight excluding hydrogens is 319 g/mol. The summed E-state index contributed by atoms with van der Waals surface area (Å²) in [4.78, 5) is 4.29. The molecule has 0 aliphatic carbocycles. The fourth-order valence-corrected chi connectivity index (χ4v) is 2.23. The Bertz CT molecular complexity index is 561. The molecule has 2 heterocycles. The van der Waals surface area contributed by atoms with Crippen LogP contribution in [-0.2, 0) is 6.54 Å². The lowest BCUT2D eigenvalue weighted by atomic mass is 10.0. The second-order valence-corrected chi connectivity index (χ2v) is 4.61. The van der Waals surface area contributed by atoms with Gasteiger partial charge in [0.15, 0.2) is 0 Å². The Morgan fingerprint density at radius 3 is 2.60 bits per heavy atom. The topological polar surface area (TPSA) is 34.2 Å². The zero-order valence-electron chi connectivity index (χ0n) is 10.6. The fraction of sp³-hybridized carbons (Fsp3) is 0.214. The predicted octanol–water partition coefficient (Wildman–Crippen LogP) is 3.73. The number of ether oxygens (including phenoxy) is 1. The standard InChI is InChI=1S/C14H13ClN2O.2ClH/c15-11-3-1-10(2-4-11)12-5-6-17-14-13(12)9-16-7-8-18-14;;/h1-6,16H,7-9H2;2*1H. The highest BCUT2D eigenvalue weighted by molar-refractivity contribution is 6.30. The molecule has 0 spiro atoms. The molecule has 3 nitrogen and oxygen atoms in total. The van der Waals surface area contributed by atoms with E-state index in [1.807, 2.05) is 30.3 Å². The summed E-state index contributed by atoms with van der Waals surface area (Å²) in [7, 11) is 0. The second-order valence-electron chi connectivity index (χ2n) is 4.17. The lowest BCUT2D eigenvalue weighted by Gasteiger charge is -2.11. The number of halogens is 3. The summed E-state index contributed by atoms with van der Waals surface area (Å²) in [5.41, 5.74) is 3.38. The molecule has 0 radical (unpaired) electrons. The van der Waals surface area contributed by atoms with E-state index in [2.05, 4.69) is 10.3 Å². The van der Waals surface area contributed by atoms with Crippen molar-refractivity contribution in [3.63, 3.8) is 0 Å². The molecule has 20 heavy (non-hydrogen) atoms. The third kappa shape index (κ3) is 3.55. The van der Waals surface area contributed by atoms with Gasteiger partial charge in [-0.3, -0.25) is 0 Å². The Morgan fingerprint density at radius 1 is 1.10 bits per heavy atom. The molecule has 0 bridgehead atoms. The molecular formula is C14H15Cl3N2O. The van der Waals surface area contributed by atoms with Gasteiger partial charge in [-0.05, 0) is 29.3 Å². The first-order valence-electron chi connectivity index (χ1n) is 5.92. The molecule has 1 aliphatic rings. The maximum absolute atomic E-state index is 5.92. The zero-order valence-corrected chi connectivity index (χ0v) is 13.0. The maximum atomic E-state index is 5.92. The molecule has 108 valence electrons. The summed E-state index contributed by atoms with van der Waals surface area (Å²) in [6.45, 7) is 2.28. The monoisotopic (exact) mass is 332 g/mol. The quantitative estimate of drug-likeness (QED) is 0.863. The molecule has 1 aliphatic heterocycles. The van der Waals surface area contributed by atoms with E-state index in [9.17, 15) is 0 Å². The van der Waals surface area contributed by atoms with Crippen LogP contribution in [0.5, 0.6) is 5.88 Å². The molecule has 6 heteroatoms. The van der Waals surface area contributed by atoms with Crippen molar-refractivity contribution in [1.29, 1.82) is 0 Å². The van der Waals surface area contributed by atoms with Gasteiger partial charge in [0.1, 0.15) is 6.61 Å². The van der Waals surface area contributed by atoms with Crippen molar-refractivity contribution in [2.45, 2.75) is 6.54 Å². The lowest BCUT2D eigenvalue weighted by Crippen LogP contribution is -2.16. The fourth-order valence-electron chi connectivity index (χ4n) is 2.10. The Hall–Kier alpha value is -1.00. The molecule has 0 amide bonds. The Kier molecular flexibility index (Phi) is 6.56. The molecule has 3 rings (SSSR count). The van der Waals surface area contributed by atoms with E-state index in [0.29, 0.717) is 6.61 Å². The molecule has 2 aromatic rings. The van der Waals surface area contributed by atoms with Crippen LogP contribution < -0.4 is 10.1 Å². The zero-order chi connectivity index (χ0) is 12.4. The third-order valence-corrected chi connectivity index (χ3v) is 3.24. The number of nitrogens with zero attached hydrogens (tertiary/aromatic N) is 1. The van der Waals surface area contributed by atoms with Gasteiger partial charge in [-0.2, -0.15) is 0 Å². The van der Waals surface area contributed by atoms with Gasteiger partial charge in [-0.15, -0.1) is 24.8 Å². The summed E-state index contributed by atoms with van der Waals surface area (Å²) in [5.74, 6) is 0.729. The number of pyridine rings is 1. The molecule has 0 saturated heterocycles. The SMILES string of the molecule is Cl.Cl.Clc1ccc(-c2ccnc3c2CNCCO3)cc1. The van der Waals surface area contributed by atoms with Gasteiger partial charge in [-0.1, -0.05) is 23.7 Å². The highest BCUT2D eigenvalue weighted by Crippen LogP contribution is 2.30. The summed E-state index contributed by atoms with van der Waals surface area (Å²) >= 11 is 5.92. The molecule has 0 fully saturated rings. The number of nitrogens with one attached hydrogen (secondary N) is 1. The van der Waals surface area contributed by atoms with Crippen LogP contribution in [0.1, 0.15) is 5.56 Å². The normalized spacial score (nSPS) is 13.1. The highest BCUT2D eigenvalue weighted by atomic mass is 35.5. The molecule has 1 N–H and O–H groups in total. The van der Waals surface area contributed by atoms with Crippen molar-refractivity contribution in [3.05, 3.63) is 47.1 Å². The van der Waals surface area contributed by atoms with Crippen LogP contribution in [0.25, 0.3) is 11.1 Å². The molecule has 1 aromatic carbocycles. The number of aromatic nitrogens is 1. The van der Waals surface area contributed by atoms with E-state index in [1.54, 1.807) is 6.20 Å². The third-order valence-electron chi connectivity index (χ3n) is 2.99. The molecule has 1 aromatic heterocycles. The highest BCUT2D eigenvalue weighted by Gasteiger charge is 2.14. The molecule has 0 unspecified atom stereocenters. The summed E-state index contributed by atoms with van der Waals surface area (Å²) < 4.78 is 5.63. The van der Waals surface area contributed by atoms with Crippen molar-refractivity contribution in [2.75, 3.05) is 13.2 Å². The van der Waals surface area contributed by atoms with Crippen molar-refractivity contribution in [2.24, 2.45) is 0 Å². The van der Waals surface area contributed by atoms with Crippen LogP contribution in [0, 0.1) is 0 Å². The number of hydrogen-bond donors (Lipinski definition) is 1. The minimum Gasteiger partial charge on any atom is -0.476 e. The Labute approximate surface area is 135 Å². The second kappa shape index (κ2) is 7.70. The van der Waals surface area contributed by atoms with Gasteiger partial charge < -0.3 is 10.1 Å². The van der Waals surface area contributed by atoms with Crippen molar-refractivity contribution < 1.29 is 4.74 Å². The average Bonchev–Trinajstić information content (AvgIpc) is 2.64. The predicted molar refractivity (Wildman–Crippen MR) is 86.4 cm³/mol.